The van der Waals surface area contributed by atoms with Gasteiger partial charge in [0.05, 0.1) is 45.1 Å². The van der Waals surface area contributed by atoms with Crippen LogP contribution in [0.2, 0.25) is 0 Å². The number of thioether (sulfide) groups is 1. The number of nitrogens with one attached hydrogen (secondary N) is 1. The third kappa shape index (κ3) is 9.46. The summed E-state index contributed by atoms with van der Waals surface area (Å²) in [6.45, 7) is 5.27. The summed E-state index contributed by atoms with van der Waals surface area (Å²) in [7, 11) is -1.58. The highest BCUT2D eigenvalue weighted by Crippen LogP contribution is 2.39. The van der Waals surface area contributed by atoms with Crippen LogP contribution in [0, 0.1) is 0 Å². The van der Waals surface area contributed by atoms with E-state index in [-0.39, 0.29) is 28.5 Å². The van der Waals surface area contributed by atoms with Crippen LogP contribution >= 0.6 is 11.8 Å². The molecule has 0 aromatic heterocycles. The number of fused-ring (bicyclic) bond motifs is 2. The van der Waals surface area contributed by atoms with Crippen LogP contribution < -0.4 is 4.72 Å². The molecule has 12 heteroatoms. The van der Waals surface area contributed by atoms with Crippen molar-refractivity contribution in [1.29, 1.82) is 0 Å². The number of hydrogen-bond acceptors (Lipinski definition) is 10. The van der Waals surface area contributed by atoms with Gasteiger partial charge in [-0.3, -0.25) is 0 Å². The molecule has 0 aliphatic carbocycles. The van der Waals surface area contributed by atoms with Crippen molar-refractivity contribution in [3.05, 3.63) is 120 Å². The van der Waals surface area contributed by atoms with Crippen molar-refractivity contribution in [3.8, 4) is 0 Å². The van der Waals surface area contributed by atoms with Gasteiger partial charge in [0, 0.05) is 5.25 Å². The first-order valence-electron chi connectivity index (χ1n) is 16.1. The lowest BCUT2D eigenvalue weighted by Crippen LogP contribution is -2.65. The Balaban J connectivity index is 1.64. The molecule has 3 aromatic rings. The molecular weight excluding hydrogens is 667 g/mol. The lowest BCUT2D eigenvalue weighted by molar-refractivity contribution is -0.205. The minimum absolute atomic E-state index is 0.213. The summed E-state index contributed by atoms with van der Waals surface area (Å²) in [6, 6.07) is 24.3. The molecule has 2 N–H and O–H groups in total. The Kier molecular flexibility index (Phi) is 12.5. The van der Waals surface area contributed by atoms with Gasteiger partial charge < -0.3 is 24.1 Å². The fourth-order valence-corrected chi connectivity index (χ4v) is 7.48. The van der Waals surface area contributed by atoms with Crippen molar-refractivity contribution in [2.24, 2.45) is 0 Å². The SMILES string of the molecule is CC(C)(C)[S@@](=O)N[C@@H]1C/C=C\CC(CO)S[C@H]2O[C@H]1[C@H](OC(=O)c1ccccc1)[C@H](OC(=O)c1ccccc1)[C@H]2OC(=O)c1ccccc1. The van der Waals surface area contributed by atoms with Crippen molar-refractivity contribution < 1.29 is 42.6 Å². The molecule has 2 aliphatic rings. The third-order valence-corrected chi connectivity index (χ3v) is 11.0. The maximum atomic E-state index is 13.8. The summed E-state index contributed by atoms with van der Waals surface area (Å²) in [5, 5.41) is 9.93. The molecule has 0 spiro atoms. The second-order valence-corrected chi connectivity index (χ2v) is 16.1. The van der Waals surface area contributed by atoms with E-state index in [1.807, 2.05) is 32.9 Å². The fraction of sp³-hybridized carbons (Fsp3) is 0.378. The maximum Gasteiger partial charge on any atom is 0.338 e. The summed E-state index contributed by atoms with van der Waals surface area (Å²) in [5.41, 5.74) is -0.263. The zero-order chi connectivity index (χ0) is 35.0. The zero-order valence-electron chi connectivity index (χ0n) is 27.5. The molecule has 5 rings (SSSR count). The zero-order valence-corrected chi connectivity index (χ0v) is 29.1. The van der Waals surface area contributed by atoms with Crippen LogP contribution in [-0.2, 0) is 29.9 Å². The molecule has 1 fully saturated rings. The molecule has 10 nitrogen and oxygen atoms in total. The van der Waals surface area contributed by atoms with E-state index in [1.54, 1.807) is 91.0 Å². The largest absolute Gasteiger partial charge is 0.452 e. The summed E-state index contributed by atoms with van der Waals surface area (Å²) >= 11 is 1.22. The van der Waals surface area contributed by atoms with Gasteiger partial charge in [-0.2, -0.15) is 0 Å². The smallest absolute Gasteiger partial charge is 0.338 e. The van der Waals surface area contributed by atoms with Gasteiger partial charge in [-0.25, -0.2) is 23.3 Å². The number of rotatable bonds is 9. The Morgan fingerprint density at radius 2 is 1.20 bits per heavy atom. The van der Waals surface area contributed by atoms with Gasteiger partial charge in [-0.1, -0.05) is 66.7 Å². The van der Waals surface area contributed by atoms with Crippen molar-refractivity contribution >= 4 is 40.7 Å². The van der Waals surface area contributed by atoms with Crippen LogP contribution in [-0.4, -0.2) is 79.7 Å². The molecule has 0 radical (unpaired) electrons. The summed E-state index contributed by atoms with van der Waals surface area (Å²) in [6.07, 6.45) is -0.462. The Morgan fingerprint density at radius 3 is 1.67 bits per heavy atom. The van der Waals surface area contributed by atoms with E-state index < -0.39 is 69.5 Å². The standard InChI is InChI=1S/C37H41NO9S2/c1-37(2,3)49(43)38-28-22-14-13-21-27(23-39)48-36-32(46-35(42)26-19-11-6-12-20-26)31(45-34(41)25-17-9-5-10-18-25)30(29(28)47-36)44-33(40)24-15-7-4-8-16-24/h4-20,27-32,36,38-39H,21-23H2,1-3H3/b14-13-/t27?,28-,29-,30+,31+,32-,36-,49-/m1/s1. The first kappa shape index (κ1) is 36.5. The first-order valence-corrected chi connectivity index (χ1v) is 18.2. The van der Waals surface area contributed by atoms with Gasteiger partial charge in [-0.05, 0) is 70.0 Å². The molecule has 8 atom stereocenters. The van der Waals surface area contributed by atoms with Crippen molar-refractivity contribution in [1.82, 2.24) is 4.72 Å². The minimum atomic E-state index is -1.58. The van der Waals surface area contributed by atoms with Crippen LogP contribution in [0.3, 0.4) is 0 Å². The summed E-state index contributed by atoms with van der Waals surface area (Å²) in [5.74, 6) is -2.15. The van der Waals surface area contributed by atoms with E-state index in [4.69, 9.17) is 18.9 Å². The van der Waals surface area contributed by atoms with Crippen molar-refractivity contribution in [2.45, 2.75) is 79.5 Å². The highest BCUT2D eigenvalue weighted by Gasteiger charge is 2.55. The second-order valence-electron chi connectivity index (χ2n) is 12.7. The Morgan fingerprint density at radius 1 is 0.755 bits per heavy atom. The highest BCUT2D eigenvalue weighted by atomic mass is 32.2. The molecule has 0 saturated carbocycles. The molecule has 2 bridgehead atoms. The number of allylic oxidation sites excluding steroid dienone is 1. The topological polar surface area (TPSA) is 137 Å². The molecule has 260 valence electrons. The van der Waals surface area contributed by atoms with E-state index >= 15 is 0 Å². The number of hydrogen-bond donors (Lipinski definition) is 2. The minimum Gasteiger partial charge on any atom is -0.452 e. The number of aliphatic hydroxyl groups excluding tert-OH is 1. The molecule has 0 amide bonds. The van der Waals surface area contributed by atoms with Gasteiger partial charge in [0.25, 0.3) is 0 Å². The number of esters is 3. The van der Waals surface area contributed by atoms with Gasteiger partial charge in [-0.15, -0.1) is 11.8 Å². The average Bonchev–Trinajstić information content (AvgIpc) is 3.11. The van der Waals surface area contributed by atoms with Crippen LogP contribution in [0.4, 0.5) is 0 Å². The third-order valence-electron chi connectivity index (χ3n) is 7.99. The number of carbonyl (C=O) groups excluding carboxylic acids is 3. The lowest BCUT2D eigenvalue weighted by atomic mass is 9.92. The number of ether oxygens (including phenoxy) is 4. The van der Waals surface area contributed by atoms with Crippen LogP contribution in [0.5, 0.6) is 0 Å². The summed E-state index contributed by atoms with van der Waals surface area (Å²) in [4.78, 5) is 41.1. The number of carbonyl (C=O) groups is 3. The Bertz CT molecular complexity index is 1620. The molecular formula is C37H41NO9S2. The van der Waals surface area contributed by atoms with E-state index in [1.165, 1.54) is 11.8 Å². The maximum absolute atomic E-state index is 13.8. The van der Waals surface area contributed by atoms with E-state index in [2.05, 4.69) is 4.72 Å². The average molecular weight is 708 g/mol. The molecule has 2 heterocycles. The highest BCUT2D eigenvalue weighted by molar-refractivity contribution is 8.00. The van der Waals surface area contributed by atoms with E-state index in [0.717, 1.165) is 0 Å². The van der Waals surface area contributed by atoms with E-state index in [0.29, 0.717) is 12.8 Å². The molecule has 49 heavy (non-hydrogen) atoms. The van der Waals surface area contributed by atoms with Crippen LogP contribution in [0.25, 0.3) is 0 Å². The number of aliphatic hydroxyl groups is 1. The lowest BCUT2D eigenvalue weighted by Gasteiger charge is -2.47. The van der Waals surface area contributed by atoms with Crippen LogP contribution in [0.15, 0.2) is 103 Å². The van der Waals surface area contributed by atoms with Crippen molar-refractivity contribution in [2.75, 3.05) is 6.61 Å². The Labute approximate surface area is 293 Å². The second kappa shape index (κ2) is 16.7. The van der Waals surface area contributed by atoms with Crippen molar-refractivity contribution in [3.63, 3.8) is 0 Å². The molecule has 1 unspecified atom stereocenters. The summed E-state index contributed by atoms with van der Waals surface area (Å²) < 4.78 is 41.3. The Hall–Kier alpha value is -3.81. The van der Waals surface area contributed by atoms with E-state index in [9.17, 15) is 23.7 Å². The molecule has 3 aromatic carbocycles. The normalized spacial score (nSPS) is 26.8. The van der Waals surface area contributed by atoms with Gasteiger partial charge in [0.15, 0.2) is 18.3 Å². The van der Waals surface area contributed by atoms with Crippen LogP contribution in [0.1, 0.15) is 64.7 Å². The monoisotopic (exact) mass is 707 g/mol. The quantitative estimate of drug-likeness (QED) is 0.172. The van der Waals surface area contributed by atoms with Gasteiger partial charge in [0.1, 0.15) is 11.5 Å². The number of benzene rings is 3. The first-order chi connectivity index (χ1) is 23.5. The predicted octanol–water partition coefficient (Wildman–Crippen LogP) is 5.25. The fourth-order valence-electron chi connectivity index (χ4n) is 5.38. The van der Waals surface area contributed by atoms with Gasteiger partial charge >= 0.3 is 17.9 Å². The van der Waals surface area contributed by atoms with Gasteiger partial charge in [0.2, 0.25) is 0 Å². The molecule has 2 aliphatic heterocycles. The predicted molar refractivity (Wildman–Crippen MR) is 187 cm³/mol. The molecule has 1 saturated heterocycles.